The second-order valence-electron chi connectivity index (χ2n) is 4.31. The lowest BCUT2D eigenvalue weighted by Gasteiger charge is -2.10. The summed E-state index contributed by atoms with van der Waals surface area (Å²) in [6.07, 6.45) is 0. The minimum Gasteiger partial charge on any atom is -0.496 e. The summed E-state index contributed by atoms with van der Waals surface area (Å²) in [5.41, 5.74) is 6.84. The van der Waals surface area contributed by atoms with Crippen LogP contribution in [0.2, 0.25) is 0 Å². The molecule has 6 heteroatoms. The average Bonchev–Trinajstić information content (AvgIpc) is 2.43. The zero-order valence-electron chi connectivity index (χ0n) is 11.2. The summed E-state index contributed by atoms with van der Waals surface area (Å²) in [7, 11) is 1.45. The van der Waals surface area contributed by atoms with E-state index >= 15 is 0 Å². The van der Waals surface area contributed by atoms with Gasteiger partial charge in [-0.15, -0.1) is 0 Å². The number of benzene rings is 2. The topological polar surface area (TPSA) is 61.5 Å². The molecule has 0 radical (unpaired) electrons. The van der Waals surface area contributed by atoms with Crippen molar-refractivity contribution in [2.75, 3.05) is 12.8 Å². The van der Waals surface area contributed by atoms with Crippen LogP contribution in [-0.2, 0) is 11.3 Å². The van der Waals surface area contributed by atoms with Crippen molar-refractivity contribution >= 4 is 27.6 Å². The van der Waals surface area contributed by atoms with Crippen molar-refractivity contribution in [3.8, 4) is 5.75 Å². The van der Waals surface area contributed by atoms with E-state index in [1.54, 1.807) is 18.2 Å². The van der Waals surface area contributed by atoms with E-state index in [0.717, 1.165) is 0 Å². The predicted molar refractivity (Wildman–Crippen MR) is 80.6 cm³/mol. The zero-order valence-corrected chi connectivity index (χ0v) is 12.8. The Labute approximate surface area is 129 Å². The smallest absolute Gasteiger partial charge is 0.342 e. The fourth-order valence-corrected chi connectivity index (χ4v) is 2.32. The van der Waals surface area contributed by atoms with E-state index in [0.29, 0.717) is 21.5 Å². The van der Waals surface area contributed by atoms with E-state index in [1.807, 2.05) is 0 Å². The summed E-state index contributed by atoms with van der Waals surface area (Å²) in [5, 5.41) is 0. The van der Waals surface area contributed by atoms with Gasteiger partial charge >= 0.3 is 5.97 Å². The molecule has 2 aromatic rings. The lowest BCUT2D eigenvalue weighted by molar-refractivity contribution is 0.0468. The van der Waals surface area contributed by atoms with Crippen LogP contribution in [-0.4, -0.2) is 13.1 Å². The van der Waals surface area contributed by atoms with E-state index < -0.39 is 11.8 Å². The van der Waals surface area contributed by atoms with Gasteiger partial charge in [-0.3, -0.25) is 0 Å². The van der Waals surface area contributed by atoms with Gasteiger partial charge in [0.1, 0.15) is 23.7 Å². The molecule has 0 spiro atoms. The highest BCUT2D eigenvalue weighted by Gasteiger charge is 2.14. The van der Waals surface area contributed by atoms with Crippen LogP contribution in [0.1, 0.15) is 15.9 Å². The maximum absolute atomic E-state index is 13.2. The van der Waals surface area contributed by atoms with Gasteiger partial charge in [0.2, 0.25) is 0 Å². The van der Waals surface area contributed by atoms with Crippen LogP contribution in [0.5, 0.6) is 5.75 Å². The first kappa shape index (κ1) is 15.3. The summed E-state index contributed by atoms with van der Waals surface area (Å²) in [6, 6.07) is 8.99. The molecule has 4 nitrogen and oxygen atoms in total. The normalized spacial score (nSPS) is 10.2. The van der Waals surface area contributed by atoms with Crippen LogP contribution in [0, 0.1) is 5.82 Å². The maximum atomic E-state index is 13.2. The molecule has 0 atom stereocenters. The molecule has 2 rings (SSSR count). The van der Waals surface area contributed by atoms with Gasteiger partial charge in [-0.25, -0.2) is 9.18 Å². The SMILES string of the molecule is COc1ccc(N)cc1C(=O)OCc1cc(F)cc(Br)c1. The number of nitrogens with two attached hydrogens (primary N) is 1. The summed E-state index contributed by atoms with van der Waals surface area (Å²) in [5.74, 6) is -0.619. The van der Waals surface area contributed by atoms with E-state index in [2.05, 4.69) is 15.9 Å². The van der Waals surface area contributed by atoms with Gasteiger partial charge in [0.05, 0.1) is 7.11 Å². The molecule has 0 heterocycles. The molecule has 0 aliphatic heterocycles. The zero-order chi connectivity index (χ0) is 15.4. The summed E-state index contributed by atoms with van der Waals surface area (Å²) in [4.78, 5) is 12.1. The number of carbonyl (C=O) groups is 1. The fourth-order valence-electron chi connectivity index (χ4n) is 1.81. The minimum absolute atomic E-state index is 0.0485. The highest BCUT2D eigenvalue weighted by atomic mass is 79.9. The standard InChI is InChI=1S/C15H13BrFNO3/c1-20-14-3-2-12(18)7-13(14)15(19)21-8-9-4-10(16)6-11(17)5-9/h2-7H,8,18H2,1H3. The largest absolute Gasteiger partial charge is 0.496 e. The predicted octanol–water partition coefficient (Wildman–Crippen LogP) is 3.54. The van der Waals surface area contributed by atoms with Gasteiger partial charge in [-0.05, 0) is 42.0 Å². The van der Waals surface area contributed by atoms with Crippen LogP contribution in [0.15, 0.2) is 40.9 Å². The van der Waals surface area contributed by atoms with Crippen LogP contribution < -0.4 is 10.5 Å². The summed E-state index contributed by atoms with van der Waals surface area (Å²) in [6.45, 7) is -0.0485. The number of carbonyl (C=O) groups excluding carboxylic acids is 1. The number of rotatable bonds is 4. The molecule has 21 heavy (non-hydrogen) atoms. The summed E-state index contributed by atoms with van der Waals surface area (Å²) >= 11 is 3.18. The lowest BCUT2D eigenvalue weighted by Crippen LogP contribution is -2.08. The van der Waals surface area contributed by atoms with Gasteiger partial charge in [-0.1, -0.05) is 15.9 Å². The highest BCUT2D eigenvalue weighted by Crippen LogP contribution is 2.23. The number of methoxy groups -OCH3 is 1. The Morgan fingerprint density at radius 3 is 2.71 bits per heavy atom. The Morgan fingerprint density at radius 2 is 2.05 bits per heavy atom. The molecule has 0 aliphatic rings. The Morgan fingerprint density at radius 1 is 1.29 bits per heavy atom. The Hall–Kier alpha value is -2.08. The van der Waals surface area contributed by atoms with E-state index in [-0.39, 0.29) is 12.2 Å². The average molecular weight is 354 g/mol. The van der Waals surface area contributed by atoms with Gasteiger partial charge in [0.15, 0.2) is 0 Å². The summed E-state index contributed by atoms with van der Waals surface area (Å²) < 4.78 is 24.1. The molecule has 2 aromatic carbocycles. The number of ether oxygens (including phenoxy) is 2. The van der Waals surface area contributed by atoms with Crippen LogP contribution in [0.4, 0.5) is 10.1 Å². The second-order valence-corrected chi connectivity index (χ2v) is 5.23. The molecule has 0 saturated heterocycles. The number of nitrogen functional groups attached to an aromatic ring is 1. The first-order chi connectivity index (χ1) is 9.99. The van der Waals surface area contributed by atoms with Gasteiger partial charge < -0.3 is 15.2 Å². The van der Waals surface area contributed by atoms with Crippen molar-refractivity contribution in [1.29, 1.82) is 0 Å². The molecule has 0 amide bonds. The molecular weight excluding hydrogens is 341 g/mol. The number of hydrogen-bond donors (Lipinski definition) is 1. The number of esters is 1. The number of anilines is 1. The molecule has 0 fully saturated rings. The van der Waals surface area contributed by atoms with Crippen molar-refractivity contribution in [3.63, 3.8) is 0 Å². The number of halogens is 2. The first-order valence-electron chi connectivity index (χ1n) is 6.05. The monoisotopic (exact) mass is 353 g/mol. The third-order valence-corrected chi connectivity index (χ3v) is 3.19. The Kier molecular flexibility index (Phi) is 4.80. The third-order valence-electron chi connectivity index (χ3n) is 2.74. The first-order valence-corrected chi connectivity index (χ1v) is 6.84. The van der Waals surface area contributed by atoms with Crippen molar-refractivity contribution in [2.24, 2.45) is 0 Å². The molecule has 0 bridgehead atoms. The highest BCUT2D eigenvalue weighted by molar-refractivity contribution is 9.10. The van der Waals surface area contributed by atoms with Gasteiger partial charge in [-0.2, -0.15) is 0 Å². The molecule has 0 saturated carbocycles. The minimum atomic E-state index is -0.584. The Bertz CT molecular complexity index is 656. The van der Waals surface area contributed by atoms with E-state index in [1.165, 1.54) is 25.3 Å². The molecule has 0 unspecified atom stereocenters. The van der Waals surface area contributed by atoms with Crippen LogP contribution >= 0.6 is 15.9 Å². The molecular formula is C15H13BrFNO3. The van der Waals surface area contributed by atoms with Crippen LogP contribution in [0.25, 0.3) is 0 Å². The Balaban J connectivity index is 2.13. The molecule has 0 aromatic heterocycles. The van der Waals surface area contributed by atoms with Crippen molar-refractivity contribution < 1.29 is 18.7 Å². The number of hydrogen-bond acceptors (Lipinski definition) is 4. The molecule has 0 aliphatic carbocycles. The van der Waals surface area contributed by atoms with Crippen molar-refractivity contribution in [1.82, 2.24) is 0 Å². The van der Waals surface area contributed by atoms with Crippen molar-refractivity contribution in [3.05, 3.63) is 57.8 Å². The van der Waals surface area contributed by atoms with Crippen LogP contribution in [0.3, 0.4) is 0 Å². The lowest BCUT2D eigenvalue weighted by atomic mass is 10.2. The maximum Gasteiger partial charge on any atom is 0.342 e. The van der Waals surface area contributed by atoms with Gasteiger partial charge in [0, 0.05) is 10.2 Å². The molecule has 2 N–H and O–H groups in total. The van der Waals surface area contributed by atoms with Crippen molar-refractivity contribution in [2.45, 2.75) is 6.61 Å². The molecule has 110 valence electrons. The second kappa shape index (κ2) is 6.58. The van der Waals surface area contributed by atoms with E-state index in [9.17, 15) is 9.18 Å². The quantitative estimate of drug-likeness (QED) is 0.674. The fraction of sp³-hybridized carbons (Fsp3) is 0.133. The van der Waals surface area contributed by atoms with Gasteiger partial charge in [0.25, 0.3) is 0 Å². The van der Waals surface area contributed by atoms with E-state index in [4.69, 9.17) is 15.2 Å². The third kappa shape index (κ3) is 3.95.